The first kappa shape index (κ1) is 21.9. The Balaban J connectivity index is 5.56. The zero-order valence-electron chi connectivity index (χ0n) is 12.2. The van der Waals surface area contributed by atoms with Crippen molar-refractivity contribution < 1.29 is 44.3 Å². The number of aliphatic hydroxyl groups excluding tert-OH is 6. The fourth-order valence-electron chi connectivity index (χ4n) is 1.66. The Bertz CT molecular complexity index is 312. The molecule has 0 aliphatic heterocycles. The fraction of sp³-hybridized carbons (Fsp3) is 1.00. The molecule has 11 heteroatoms. The Morgan fingerprint density at radius 1 is 0.818 bits per heavy atom. The number of hydrogen-bond acceptors (Lipinski definition) is 10. The summed E-state index contributed by atoms with van der Waals surface area (Å²) in [6.07, 6.45) is -3.08. The molecule has 0 bridgehead atoms. The van der Waals surface area contributed by atoms with E-state index in [2.05, 4.69) is 0 Å². The van der Waals surface area contributed by atoms with E-state index in [9.17, 15) is 4.57 Å². The van der Waals surface area contributed by atoms with Gasteiger partial charge in [0.05, 0.1) is 26.4 Å². The molecular formula is C11H26NO9P. The van der Waals surface area contributed by atoms with Crippen molar-refractivity contribution in [2.24, 2.45) is 5.73 Å². The van der Waals surface area contributed by atoms with E-state index in [1.165, 1.54) is 0 Å². The summed E-state index contributed by atoms with van der Waals surface area (Å²) >= 11 is 0. The highest BCUT2D eigenvalue weighted by Gasteiger charge is 2.50. The third-order valence-corrected chi connectivity index (χ3v) is 5.71. The van der Waals surface area contributed by atoms with Crippen molar-refractivity contribution in [1.29, 1.82) is 0 Å². The van der Waals surface area contributed by atoms with Gasteiger partial charge in [-0.15, -0.1) is 0 Å². The number of aliphatic hydroxyl groups is 6. The maximum atomic E-state index is 13.0. The monoisotopic (exact) mass is 347 g/mol. The van der Waals surface area contributed by atoms with Gasteiger partial charge in [0.1, 0.15) is 17.5 Å². The minimum Gasteiger partial charge on any atom is -0.396 e. The lowest BCUT2D eigenvalue weighted by molar-refractivity contribution is 0.00566. The van der Waals surface area contributed by atoms with E-state index in [1.54, 1.807) is 0 Å². The van der Waals surface area contributed by atoms with Crippen LogP contribution in [-0.4, -0.2) is 87.8 Å². The molecule has 0 rings (SSSR count). The Morgan fingerprint density at radius 2 is 1.14 bits per heavy atom. The van der Waals surface area contributed by atoms with Gasteiger partial charge in [-0.25, -0.2) is 0 Å². The van der Waals surface area contributed by atoms with Crippen molar-refractivity contribution in [3.05, 3.63) is 0 Å². The van der Waals surface area contributed by atoms with E-state index in [0.29, 0.717) is 0 Å². The molecule has 0 atom stereocenters. The molecular weight excluding hydrogens is 321 g/mol. The van der Waals surface area contributed by atoms with Gasteiger partial charge < -0.3 is 36.4 Å². The van der Waals surface area contributed by atoms with Crippen LogP contribution in [0.4, 0.5) is 0 Å². The molecule has 0 aliphatic carbocycles. The lowest BCUT2D eigenvalue weighted by Gasteiger charge is -2.38. The van der Waals surface area contributed by atoms with Crippen molar-refractivity contribution in [2.75, 3.05) is 39.6 Å². The van der Waals surface area contributed by atoms with Gasteiger partial charge in [-0.1, -0.05) is 0 Å². The molecule has 0 unspecified atom stereocenters. The van der Waals surface area contributed by atoms with Crippen LogP contribution >= 0.6 is 7.60 Å². The predicted molar refractivity (Wildman–Crippen MR) is 76.0 cm³/mol. The van der Waals surface area contributed by atoms with Crippen molar-refractivity contribution in [1.82, 2.24) is 0 Å². The second kappa shape index (κ2) is 10.6. The summed E-state index contributed by atoms with van der Waals surface area (Å²) in [7, 11) is -4.34. The highest BCUT2D eigenvalue weighted by atomic mass is 31.2. The summed E-state index contributed by atoms with van der Waals surface area (Å²) in [4.78, 5) is 0. The summed E-state index contributed by atoms with van der Waals surface area (Å²) in [6, 6.07) is 0. The summed E-state index contributed by atoms with van der Waals surface area (Å²) in [5.74, 6) is 0. The molecule has 0 fully saturated rings. The van der Waals surface area contributed by atoms with E-state index in [0.717, 1.165) is 0 Å². The van der Waals surface area contributed by atoms with Gasteiger partial charge in [-0.2, -0.15) is 0 Å². The lowest BCUT2D eigenvalue weighted by Crippen LogP contribution is -2.45. The summed E-state index contributed by atoms with van der Waals surface area (Å²) in [5.41, 5.74) is 5.95. The second-order valence-electron chi connectivity index (χ2n) is 4.73. The molecule has 0 aliphatic rings. The third kappa shape index (κ3) is 5.82. The second-order valence-corrected chi connectivity index (χ2v) is 7.04. The van der Waals surface area contributed by atoms with Gasteiger partial charge in [0.15, 0.2) is 0 Å². The summed E-state index contributed by atoms with van der Waals surface area (Å²) < 4.78 is 23.2. The summed E-state index contributed by atoms with van der Waals surface area (Å²) in [6.45, 7) is -3.69. The first-order valence-corrected chi connectivity index (χ1v) is 8.31. The molecule has 0 saturated heterocycles. The maximum Gasteiger partial charge on any atom is 0.351 e. The van der Waals surface area contributed by atoms with Crippen molar-refractivity contribution in [2.45, 2.75) is 30.3 Å². The highest BCUT2D eigenvalue weighted by molar-refractivity contribution is 7.55. The zero-order valence-corrected chi connectivity index (χ0v) is 13.1. The third-order valence-electron chi connectivity index (χ3n) is 3.03. The zero-order chi connectivity index (χ0) is 17.2. The van der Waals surface area contributed by atoms with Gasteiger partial charge in [-0.3, -0.25) is 13.6 Å². The van der Waals surface area contributed by atoms with Crippen LogP contribution in [-0.2, 0) is 13.6 Å². The molecule has 10 nitrogen and oxygen atoms in total. The average molecular weight is 347 g/mol. The molecule has 0 spiro atoms. The van der Waals surface area contributed by atoms with Gasteiger partial charge >= 0.3 is 7.60 Å². The number of nitrogens with two attached hydrogens (primary N) is 1. The SMILES string of the molecule is NC(CCO)(CCO)P(=O)(OC(CO)CO)OC(CO)CO. The molecule has 22 heavy (non-hydrogen) atoms. The van der Waals surface area contributed by atoms with E-state index in [-0.39, 0.29) is 12.8 Å². The number of hydrogen-bond donors (Lipinski definition) is 7. The van der Waals surface area contributed by atoms with Crippen LogP contribution in [0.25, 0.3) is 0 Å². The van der Waals surface area contributed by atoms with Crippen molar-refractivity contribution in [3.63, 3.8) is 0 Å². The first-order valence-electron chi connectivity index (χ1n) is 6.77. The van der Waals surface area contributed by atoms with Crippen LogP contribution in [0.1, 0.15) is 12.8 Å². The Hall–Kier alpha value is -0.130. The minimum atomic E-state index is -4.34. The van der Waals surface area contributed by atoms with Crippen LogP contribution in [0.2, 0.25) is 0 Å². The lowest BCUT2D eigenvalue weighted by atomic mass is 10.1. The first-order chi connectivity index (χ1) is 10.4. The molecule has 0 saturated carbocycles. The van der Waals surface area contributed by atoms with Gasteiger partial charge in [0.2, 0.25) is 0 Å². The molecule has 134 valence electrons. The molecule has 0 radical (unpaired) electrons. The van der Waals surface area contributed by atoms with Crippen molar-refractivity contribution >= 4 is 7.60 Å². The van der Waals surface area contributed by atoms with Crippen LogP contribution in [0, 0.1) is 0 Å². The molecule has 0 aromatic heterocycles. The predicted octanol–water partition coefficient (Wildman–Crippen LogP) is -2.66. The van der Waals surface area contributed by atoms with Gasteiger partial charge in [0, 0.05) is 26.1 Å². The Morgan fingerprint density at radius 3 is 1.36 bits per heavy atom. The Kier molecular flexibility index (Phi) is 10.5. The fourth-order valence-corrected chi connectivity index (χ4v) is 3.93. The number of rotatable bonds is 13. The normalized spacial score (nSPS) is 13.3. The van der Waals surface area contributed by atoms with Crippen molar-refractivity contribution in [3.8, 4) is 0 Å². The molecule has 0 aromatic rings. The minimum absolute atomic E-state index is 0.266. The maximum absolute atomic E-state index is 13.0. The van der Waals surface area contributed by atoms with Gasteiger partial charge in [-0.05, 0) is 0 Å². The highest BCUT2D eigenvalue weighted by Crippen LogP contribution is 2.61. The van der Waals surface area contributed by atoms with Gasteiger partial charge in [0.25, 0.3) is 0 Å². The topological polar surface area (TPSA) is 183 Å². The molecule has 8 N–H and O–H groups in total. The smallest absolute Gasteiger partial charge is 0.351 e. The summed E-state index contributed by atoms with van der Waals surface area (Å²) in [5, 5.41) is 52.6. The van der Waals surface area contributed by atoms with E-state index in [1.807, 2.05) is 0 Å². The van der Waals surface area contributed by atoms with Crippen LogP contribution in [0.5, 0.6) is 0 Å². The van der Waals surface area contributed by atoms with E-state index >= 15 is 0 Å². The average Bonchev–Trinajstić information content (AvgIpc) is 2.50. The van der Waals surface area contributed by atoms with Crippen LogP contribution < -0.4 is 5.73 Å². The molecule has 0 heterocycles. The molecule has 0 amide bonds. The van der Waals surface area contributed by atoms with Crippen LogP contribution in [0.3, 0.4) is 0 Å². The van der Waals surface area contributed by atoms with E-state index < -0.39 is 64.7 Å². The standard InChI is InChI=1S/C11H26NO9P/c12-11(1-3-13,2-4-14)22(19,20-9(5-15)6-16)21-10(7-17)8-18/h9-10,13-18H,1-8,12H2. The quantitative estimate of drug-likeness (QED) is 0.174. The Labute approximate surface area is 128 Å². The van der Waals surface area contributed by atoms with Crippen LogP contribution in [0.15, 0.2) is 0 Å². The molecule has 0 aromatic carbocycles. The largest absolute Gasteiger partial charge is 0.396 e. The van der Waals surface area contributed by atoms with E-state index in [4.69, 9.17) is 45.4 Å².